The summed E-state index contributed by atoms with van der Waals surface area (Å²) >= 11 is 0. The highest BCUT2D eigenvalue weighted by molar-refractivity contribution is 5.27. The van der Waals surface area contributed by atoms with Crippen LogP contribution in [0.3, 0.4) is 0 Å². The van der Waals surface area contributed by atoms with E-state index in [4.69, 9.17) is 4.74 Å². The summed E-state index contributed by atoms with van der Waals surface area (Å²) in [7, 11) is 1.71. The van der Waals surface area contributed by atoms with Gasteiger partial charge in [-0.1, -0.05) is 13.0 Å². The lowest BCUT2D eigenvalue weighted by atomic mass is 9.98. The Morgan fingerprint density at radius 2 is 2.11 bits per heavy atom. The maximum absolute atomic E-state index is 13.3. The van der Waals surface area contributed by atoms with Crippen LogP contribution in [0.1, 0.15) is 31.4 Å². The fourth-order valence-corrected chi connectivity index (χ4v) is 1.99. The normalized spacial score (nSPS) is 14.5. The molecule has 0 aliphatic carbocycles. The molecule has 1 aromatic carbocycles. The van der Waals surface area contributed by atoms with Gasteiger partial charge in [-0.25, -0.2) is 4.39 Å². The van der Waals surface area contributed by atoms with Gasteiger partial charge in [0.15, 0.2) is 0 Å². The number of halogens is 1. The van der Waals surface area contributed by atoms with Gasteiger partial charge in [-0.15, -0.1) is 0 Å². The van der Waals surface area contributed by atoms with E-state index >= 15 is 0 Å². The summed E-state index contributed by atoms with van der Waals surface area (Å²) in [5.74, 6) is -0.171. The van der Waals surface area contributed by atoms with Crippen molar-refractivity contribution < 1.29 is 9.13 Å². The van der Waals surface area contributed by atoms with E-state index in [1.165, 1.54) is 6.07 Å². The molecule has 0 spiro atoms. The van der Waals surface area contributed by atoms with Gasteiger partial charge >= 0.3 is 0 Å². The van der Waals surface area contributed by atoms with E-state index in [1.807, 2.05) is 19.9 Å². The lowest BCUT2D eigenvalue weighted by molar-refractivity contribution is 0.0830. The molecule has 102 valence electrons. The minimum atomic E-state index is -0.171. The molecule has 0 saturated heterocycles. The number of methoxy groups -OCH3 is 1. The molecule has 18 heavy (non-hydrogen) atoms. The van der Waals surface area contributed by atoms with E-state index in [2.05, 4.69) is 12.2 Å². The van der Waals surface area contributed by atoms with Gasteiger partial charge in [-0.3, -0.25) is 0 Å². The van der Waals surface area contributed by atoms with Crippen LogP contribution < -0.4 is 5.32 Å². The zero-order valence-corrected chi connectivity index (χ0v) is 11.8. The number of hydrogen-bond acceptors (Lipinski definition) is 2. The first-order valence-electron chi connectivity index (χ1n) is 6.59. The van der Waals surface area contributed by atoms with Crippen molar-refractivity contribution in [3.05, 3.63) is 35.1 Å². The van der Waals surface area contributed by atoms with Crippen molar-refractivity contribution in [1.82, 2.24) is 5.32 Å². The largest absolute Gasteiger partial charge is 0.380 e. The fourth-order valence-electron chi connectivity index (χ4n) is 1.99. The van der Waals surface area contributed by atoms with Crippen molar-refractivity contribution in [1.29, 1.82) is 0 Å². The Hall–Kier alpha value is -0.930. The minimum absolute atomic E-state index is 0.110. The second-order valence-corrected chi connectivity index (χ2v) is 4.78. The quantitative estimate of drug-likeness (QED) is 0.806. The van der Waals surface area contributed by atoms with Crippen LogP contribution in [0.5, 0.6) is 0 Å². The lowest BCUT2D eigenvalue weighted by Crippen LogP contribution is -2.41. The van der Waals surface area contributed by atoms with Crippen LogP contribution in [0.25, 0.3) is 0 Å². The summed E-state index contributed by atoms with van der Waals surface area (Å²) in [5, 5.41) is 3.47. The predicted octanol–water partition coefficient (Wildman–Crippen LogP) is 3.08. The zero-order chi connectivity index (χ0) is 13.5. The second kappa shape index (κ2) is 7.49. The van der Waals surface area contributed by atoms with Gasteiger partial charge in [-0.05, 0) is 56.5 Å². The summed E-state index contributed by atoms with van der Waals surface area (Å²) in [6.45, 7) is 7.15. The van der Waals surface area contributed by atoms with Crippen LogP contribution in [0, 0.1) is 12.7 Å². The topological polar surface area (TPSA) is 21.3 Å². The summed E-state index contributed by atoms with van der Waals surface area (Å²) in [5.41, 5.74) is 2.18. The van der Waals surface area contributed by atoms with Crippen molar-refractivity contribution in [2.24, 2.45) is 0 Å². The molecular weight excluding hydrogens is 229 g/mol. The third-order valence-corrected chi connectivity index (χ3v) is 3.35. The monoisotopic (exact) mass is 253 g/mol. The Balaban J connectivity index is 2.77. The zero-order valence-electron chi connectivity index (χ0n) is 11.8. The molecule has 1 N–H and O–H groups in total. The van der Waals surface area contributed by atoms with E-state index in [9.17, 15) is 4.39 Å². The maximum Gasteiger partial charge on any atom is 0.123 e. The highest BCUT2D eigenvalue weighted by Gasteiger charge is 2.17. The van der Waals surface area contributed by atoms with Crippen LogP contribution in [0.15, 0.2) is 18.2 Å². The Kier molecular flexibility index (Phi) is 6.30. The number of hydrogen-bond donors (Lipinski definition) is 1. The van der Waals surface area contributed by atoms with Crippen molar-refractivity contribution in [2.75, 3.05) is 13.7 Å². The predicted molar refractivity (Wildman–Crippen MR) is 73.4 cm³/mol. The molecule has 0 saturated carbocycles. The van der Waals surface area contributed by atoms with Crippen molar-refractivity contribution in [3.63, 3.8) is 0 Å². The first-order valence-corrected chi connectivity index (χ1v) is 6.59. The highest BCUT2D eigenvalue weighted by atomic mass is 19.1. The molecule has 0 aromatic heterocycles. The Labute approximate surface area is 110 Å². The van der Waals surface area contributed by atoms with Gasteiger partial charge in [0.2, 0.25) is 0 Å². The molecule has 0 aliphatic heterocycles. The molecule has 2 nitrogen and oxygen atoms in total. The van der Waals surface area contributed by atoms with Gasteiger partial charge in [0, 0.05) is 13.2 Å². The van der Waals surface area contributed by atoms with Crippen LogP contribution in [-0.2, 0) is 11.2 Å². The minimum Gasteiger partial charge on any atom is -0.380 e. The molecule has 0 heterocycles. The van der Waals surface area contributed by atoms with Crippen LogP contribution in [-0.4, -0.2) is 25.8 Å². The van der Waals surface area contributed by atoms with Crippen LogP contribution in [0.2, 0.25) is 0 Å². The van der Waals surface area contributed by atoms with Gasteiger partial charge < -0.3 is 10.1 Å². The molecule has 1 rings (SSSR count). The van der Waals surface area contributed by atoms with Crippen LogP contribution in [0.4, 0.5) is 4.39 Å². The molecule has 0 aliphatic rings. The summed E-state index contributed by atoms with van der Waals surface area (Å²) in [6, 6.07) is 5.18. The van der Waals surface area contributed by atoms with E-state index in [0.717, 1.165) is 30.5 Å². The average Bonchev–Trinajstić information content (AvgIpc) is 2.37. The number of nitrogens with one attached hydrogen (secondary N) is 1. The Morgan fingerprint density at radius 1 is 1.39 bits per heavy atom. The van der Waals surface area contributed by atoms with Gasteiger partial charge in [-0.2, -0.15) is 0 Å². The summed E-state index contributed by atoms with van der Waals surface area (Å²) < 4.78 is 18.7. The molecule has 0 bridgehead atoms. The number of rotatable bonds is 7. The molecule has 2 unspecified atom stereocenters. The Bertz CT molecular complexity index is 368. The third kappa shape index (κ3) is 4.39. The second-order valence-electron chi connectivity index (χ2n) is 4.78. The highest BCUT2D eigenvalue weighted by Crippen LogP contribution is 2.14. The van der Waals surface area contributed by atoms with Crippen LogP contribution >= 0.6 is 0 Å². The summed E-state index contributed by atoms with van der Waals surface area (Å²) in [4.78, 5) is 0. The molecule has 0 amide bonds. The van der Waals surface area contributed by atoms with E-state index in [0.29, 0.717) is 0 Å². The third-order valence-electron chi connectivity index (χ3n) is 3.35. The molecular formula is C15H24FNO. The smallest absolute Gasteiger partial charge is 0.123 e. The van der Waals surface area contributed by atoms with E-state index < -0.39 is 0 Å². The first kappa shape index (κ1) is 15.1. The fraction of sp³-hybridized carbons (Fsp3) is 0.600. The van der Waals surface area contributed by atoms with Crippen molar-refractivity contribution in [2.45, 2.75) is 45.8 Å². The van der Waals surface area contributed by atoms with Crippen molar-refractivity contribution in [3.8, 4) is 0 Å². The standard InChI is InChI=1S/C15H24FNO/c1-5-8-17-15(12(3)18-4)10-13-9-14(16)7-6-11(13)2/h6-7,9,12,15,17H,5,8,10H2,1-4H3. The first-order chi connectivity index (χ1) is 8.58. The van der Waals surface area contributed by atoms with Gasteiger partial charge in [0.1, 0.15) is 5.82 Å². The lowest BCUT2D eigenvalue weighted by Gasteiger charge is -2.25. The Morgan fingerprint density at radius 3 is 2.72 bits per heavy atom. The molecule has 0 fully saturated rings. The maximum atomic E-state index is 13.3. The molecule has 1 aromatic rings. The van der Waals surface area contributed by atoms with Crippen molar-refractivity contribution >= 4 is 0 Å². The van der Waals surface area contributed by atoms with E-state index in [1.54, 1.807) is 13.2 Å². The van der Waals surface area contributed by atoms with Gasteiger partial charge in [0.25, 0.3) is 0 Å². The SMILES string of the molecule is CCCNC(Cc1cc(F)ccc1C)C(C)OC. The van der Waals surface area contributed by atoms with E-state index in [-0.39, 0.29) is 18.0 Å². The average molecular weight is 253 g/mol. The number of ether oxygens (including phenoxy) is 1. The van der Waals surface area contributed by atoms with Gasteiger partial charge in [0.05, 0.1) is 6.10 Å². The summed E-state index contributed by atoms with van der Waals surface area (Å²) in [6.07, 6.45) is 1.98. The molecule has 3 heteroatoms. The molecule has 2 atom stereocenters. The number of aryl methyl sites for hydroxylation is 1. The molecule has 0 radical (unpaired) electrons. The number of benzene rings is 1.